The Morgan fingerprint density at radius 3 is 2.52 bits per heavy atom. The summed E-state index contributed by atoms with van der Waals surface area (Å²) >= 11 is 1.39. The van der Waals surface area contributed by atoms with Crippen LogP contribution in [0.5, 0.6) is 0 Å². The van der Waals surface area contributed by atoms with Crippen LogP contribution < -0.4 is 9.62 Å². The summed E-state index contributed by atoms with van der Waals surface area (Å²) in [5.74, 6) is 0.731. The summed E-state index contributed by atoms with van der Waals surface area (Å²) in [6.07, 6.45) is 2.36. The molecule has 1 aromatic carbocycles. The first-order valence-corrected chi connectivity index (χ1v) is 9.19. The number of carbonyl (C=O) groups excluding carboxylic acids is 1. The van der Waals surface area contributed by atoms with Crippen molar-refractivity contribution in [2.75, 3.05) is 11.4 Å². The second-order valence-corrected chi connectivity index (χ2v) is 7.71. The standard InChI is InChI=1S/C19H28N2OS/c1-13(2)16-10-11-21(15(5)12-16)17-6-8-18(9-7-17)23-20-19(22)14(3)4/h6-9,14-16H,1,10-12H2,2-5H3,(H,20,22). The van der Waals surface area contributed by atoms with Gasteiger partial charge in [0.25, 0.3) is 0 Å². The molecule has 1 N–H and O–H groups in total. The van der Waals surface area contributed by atoms with Crippen molar-refractivity contribution in [3.05, 3.63) is 36.4 Å². The number of anilines is 1. The Labute approximate surface area is 144 Å². The number of amides is 1. The van der Waals surface area contributed by atoms with Crippen LogP contribution in [0.25, 0.3) is 0 Å². The van der Waals surface area contributed by atoms with Crippen LogP contribution in [0.1, 0.15) is 40.5 Å². The summed E-state index contributed by atoms with van der Waals surface area (Å²) in [7, 11) is 0. The number of allylic oxidation sites excluding steroid dienone is 1. The fourth-order valence-electron chi connectivity index (χ4n) is 2.94. The molecule has 1 aromatic rings. The third-order valence-electron chi connectivity index (χ3n) is 4.54. The maximum atomic E-state index is 11.6. The lowest BCUT2D eigenvalue weighted by atomic mass is 9.86. The zero-order valence-electron chi connectivity index (χ0n) is 14.6. The van der Waals surface area contributed by atoms with E-state index in [1.807, 2.05) is 13.8 Å². The number of nitrogens with one attached hydrogen (secondary N) is 1. The maximum absolute atomic E-state index is 11.6. The first-order valence-electron chi connectivity index (χ1n) is 8.37. The van der Waals surface area contributed by atoms with Crippen LogP contribution in [0.4, 0.5) is 5.69 Å². The van der Waals surface area contributed by atoms with Gasteiger partial charge in [-0.2, -0.15) is 0 Å². The Balaban J connectivity index is 1.94. The third kappa shape index (κ3) is 4.77. The van der Waals surface area contributed by atoms with E-state index in [1.165, 1.54) is 36.1 Å². The van der Waals surface area contributed by atoms with Crippen molar-refractivity contribution < 1.29 is 4.79 Å². The van der Waals surface area contributed by atoms with Gasteiger partial charge in [0.1, 0.15) is 0 Å². The predicted octanol–water partition coefficient (Wildman–Crippen LogP) is 4.65. The van der Waals surface area contributed by atoms with Gasteiger partial charge in [-0.3, -0.25) is 9.52 Å². The zero-order chi connectivity index (χ0) is 17.0. The number of rotatable bonds is 5. The van der Waals surface area contributed by atoms with Crippen molar-refractivity contribution in [1.82, 2.24) is 4.72 Å². The lowest BCUT2D eigenvalue weighted by Crippen LogP contribution is -2.41. The second-order valence-electron chi connectivity index (χ2n) is 6.83. The Bertz CT molecular complexity index is 553. The molecule has 0 spiro atoms. The highest BCUT2D eigenvalue weighted by Crippen LogP contribution is 2.31. The molecule has 1 aliphatic rings. The molecule has 0 bridgehead atoms. The molecule has 3 nitrogen and oxygen atoms in total. The Kier molecular flexibility index (Phi) is 6.17. The first-order chi connectivity index (χ1) is 10.9. The third-order valence-corrected chi connectivity index (χ3v) is 5.35. The molecule has 2 atom stereocenters. The topological polar surface area (TPSA) is 32.3 Å². The first kappa shape index (κ1) is 17.9. The summed E-state index contributed by atoms with van der Waals surface area (Å²) in [5, 5.41) is 0. The highest BCUT2D eigenvalue weighted by molar-refractivity contribution is 7.98. The van der Waals surface area contributed by atoms with Crippen molar-refractivity contribution >= 4 is 23.5 Å². The van der Waals surface area contributed by atoms with E-state index in [1.54, 1.807) is 0 Å². The van der Waals surface area contributed by atoms with Crippen molar-refractivity contribution in [1.29, 1.82) is 0 Å². The van der Waals surface area contributed by atoms with Gasteiger partial charge in [-0.15, -0.1) is 0 Å². The highest BCUT2D eigenvalue weighted by atomic mass is 32.2. The molecule has 0 aliphatic carbocycles. The number of benzene rings is 1. The lowest BCUT2D eigenvalue weighted by molar-refractivity contribution is -0.122. The van der Waals surface area contributed by atoms with Gasteiger partial charge in [-0.25, -0.2) is 0 Å². The van der Waals surface area contributed by atoms with E-state index in [4.69, 9.17) is 0 Å². The molecule has 0 radical (unpaired) electrons. The van der Waals surface area contributed by atoms with E-state index in [0.717, 1.165) is 11.4 Å². The number of hydrogen-bond donors (Lipinski definition) is 1. The van der Waals surface area contributed by atoms with Gasteiger partial charge in [0.2, 0.25) is 5.91 Å². The largest absolute Gasteiger partial charge is 0.369 e. The quantitative estimate of drug-likeness (QED) is 0.629. The fourth-order valence-corrected chi connectivity index (χ4v) is 3.66. The minimum atomic E-state index is 0.0113. The second kappa shape index (κ2) is 7.91. The van der Waals surface area contributed by atoms with Crippen LogP contribution >= 0.6 is 11.9 Å². The molecule has 2 unspecified atom stereocenters. The number of hydrogen-bond acceptors (Lipinski definition) is 3. The van der Waals surface area contributed by atoms with Gasteiger partial charge >= 0.3 is 0 Å². The summed E-state index contributed by atoms with van der Waals surface area (Å²) in [6.45, 7) is 13.4. The van der Waals surface area contributed by atoms with Crippen LogP contribution in [0.3, 0.4) is 0 Å². The summed E-state index contributed by atoms with van der Waals surface area (Å²) < 4.78 is 2.88. The molecular formula is C19H28N2OS. The van der Waals surface area contributed by atoms with Gasteiger partial charge < -0.3 is 4.90 Å². The van der Waals surface area contributed by atoms with Crippen LogP contribution in [0.2, 0.25) is 0 Å². The molecule has 1 saturated heterocycles. The van der Waals surface area contributed by atoms with E-state index >= 15 is 0 Å². The zero-order valence-corrected chi connectivity index (χ0v) is 15.5. The van der Waals surface area contributed by atoms with Gasteiger partial charge in [-0.1, -0.05) is 26.0 Å². The monoisotopic (exact) mass is 332 g/mol. The van der Waals surface area contributed by atoms with Crippen molar-refractivity contribution in [3.63, 3.8) is 0 Å². The van der Waals surface area contributed by atoms with Gasteiger partial charge in [0.05, 0.1) is 0 Å². The average Bonchev–Trinajstić information content (AvgIpc) is 2.53. The molecule has 1 heterocycles. The molecule has 1 aliphatic heterocycles. The minimum Gasteiger partial charge on any atom is -0.369 e. The van der Waals surface area contributed by atoms with E-state index in [2.05, 4.69) is 54.3 Å². The van der Waals surface area contributed by atoms with Crippen LogP contribution in [0.15, 0.2) is 41.3 Å². The molecule has 2 rings (SSSR count). The van der Waals surface area contributed by atoms with Crippen LogP contribution in [-0.2, 0) is 4.79 Å². The molecular weight excluding hydrogens is 304 g/mol. The normalized spacial score (nSPS) is 21.3. The van der Waals surface area contributed by atoms with Crippen molar-refractivity contribution in [3.8, 4) is 0 Å². The van der Waals surface area contributed by atoms with E-state index in [9.17, 15) is 4.79 Å². The van der Waals surface area contributed by atoms with Gasteiger partial charge in [0.15, 0.2) is 0 Å². The molecule has 126 valence electrons. The van der Waals surface area contributed by atoms with E-state index < -0.39 is 0 Å². The molecule has 4 heteroatoms. The van der Waals surface area contributed by atoms with Crippen molar-refractivity contribution in [2.45, 2.75) is 51.5 Å². The summed E-state index contributed by atoms with van der Waals surface area (Å²) in [5.41, 5.74) is 2.57. The number of piperidine rings is 1. The molecule has 1 fully saturated rings. The predicted molar refractivity (Wildman–Crippen MR) is 99.6 cm³/mol. The van der Waals surface area contributed by atoms with E-state index in [-0.39, 0.29) is 11.8 Å². The Morgan fingerprint density at radius 2 is 2.00 bits per heavy atom. The number of nitrogens with zero attached hydrogens (tertiary/aromatic N) is 1. The lowest BCUT2D eigenvalue weighted by Gasteiger charge is -2.39. The number of carbonyl (C=O) groups is 1. The van der Waals surface area contributed by atoms with Crippen LogP contribution in [0, 0.1) is 11.8 Å². The molecule has 0 aromatic heterocycles. The average molecular weight is 333 g/mol. The van der Waals surface area contributed by atoms with Crippen molar-refractivity contribution in [2.24, 2.45) is 11.8 Å². The minimum absolute atomic E-state index is 0.0113. The smallest absolute Gasteiger partial charge is 0.232 e. The summed E-state index contributed by atoms with van der Waals surface area (Å²) in [6, 6.07) is 9.00. The highest BCUT2D eigenvalue weighted by Gasteiger charge is 2.25. The fraction of sp³-hybridized carbons (Fsp3) is 0.526. The SMILES string of the molecule is C=C(C)C1CCN(c2ccc(SNC(=O)C(C)C)cc2)C(C)C1. The maximum Gasteiger partial charge on any atom is 0.232 e. The van der Waals surface area contributed by atoms with Gasteiger partial charge in [0, 0.05) is 29.1 Å². The van der Waals surface area contributed by atoms with E-state index in [0.29, 0.717) is 12.0 Å². The van der Waals surface area contributed by atoms with Gasteiger partial charge in [-0.05, 0) is 68.8 Å². The molecule has 1 amide bonds. The molecule has 23 heavy (non-hydrogen) atoms. The Hall–Kier alpha value is -1.42. The Morgan fingerprint density at radius 1 is 1.35 bits per heavy atom. The van der Waals surface area contributed by atoms with Crippen LogP contribution in [-0.4, -0.2) is 18.5 Å². The molecule has 0 saturated carbocycles. The summed E-state index contributed by atoms with van der Waals surface area (Å²) in [4.78, 5) is 15.1.